The van der Waals surface area contributed by atoms with Gasteiger partial charge >= 0.3 is 12.1 Å². The van der Waals surface area contributed by atoms with Gasteiger partial charge in [-0.25, -0.2) is 9.59 Å². The first kappa shape index (κ1) is 34.1. The summed E-state index contributed by atoms with van der Waals surface area (Å²) in [6.45, 7) is -0.0637. The summed E-state index contributed by atoms with van der Waals surface area (Å²) in [6, 6.07) is 18.7. The number of anilines is 5. The third-order valence-corrected chi connectivity index (χ3v) is 7.52. The van der Waals surface area contributed by atoms with Crippen LogP contribution >= 0.6 is 23.2 Å². The summed E-state index contributed by atoms with van der Waals surface area (Å²) in [5, 5.41) is 22.9. The highest BCUT2D eigenvalue weighted by molar-refractivity contribution is 6.35. The number of nitrogens with two attached hydrogens (primary N) is 1. The molecule has 0 aliphatic carbocycles. The van der Waals surface area contributed by atoms with Crippen molar-refractivity contribution in [3.63, 3.8) is 0 Å². The molecule has 5 amide bonds. The van der Waals surface area contributed by atoms with E-state index in [1.54, 1.807) is 67.0 Å². The van der Waals surface area contributed by atoms with E-state index in [1.807, 2.05) is 0 Å². The highest BCUT2D eigenvalue weighted by Crippen LogP contribution is 2.37. The molecule has 49 heavy (non-hydrogen) atoms. The maximum Gasteiger partial charge on any atom is 0.323 e. The van der Waals surface area contributed by atoms with Crippen molar-refractivity contribution in [2.75, 3.05) is 21.3 Å². The maximum atomic E-state index is 14.2. The number of nitro benzene ring substituents is 1. The van der Waals surface area contributed by atoms with Crippen molar-refractivity contribution in [2.24, 2.45) is 0 Å². The molecule has 0 aliphatic heterocycles. The van der Waals surface area contributed by atoms with Gasteiger partial charge in [0, 0.05) is 59.5 Å². The van der Waals surface area contributed by atoms with E-state index in [1.165, 1.54) is 35.5 Å². The van der Waals surface area contributed by atoms with E-state index in [0.717, 1.165) is 11.6 Å². The van der Waals surface area contributed by atoms with Crippen LogP contribution in [0.3, 0.4) is 0 Å². The molecule has 14 nitrogen and oxygen atoms in total. The molecule has 5 aromatic rings. The van der Waals surface area contributed by atoms with E-state index in [-0.39, 0.29) is 51.3 Å². The Hall–Kier alpha value is -6.25. The zero-order chi connectivity index (χ0) is 34.9. The van der Waals surface area contributed by atoms with Crippen LogP contribution in [0, 0.1) is 10.1 Å². The van der Waals surface area contributed by atoms with Gasteiger partial charge in [-0.05, 0) is 72.3 Å². The third kappa shape index (κ3) is 8.77. The van der Waals surface area contributed by atoms with Crippen molar-refractivity contribution in [3.8, 4) is 0 Å². The Kier molecular flexibility index (Phi) is 10.8. The minimum absolute atomic E-state index is 0.0670. The van der Waals surface area contributed by atoms with Gasteiger partial charge in [0.1, 0.15) is 0 Å². The zero-order valence-electron chi connectivity index (χ0n) is 25.4. The molecule has 16 heteroatoms. The average molecular weight is 701 g/mol. The molecular weight excluding hydrogens is 673 g/mol. The summed E-state index contributed by atoms with van der Waals surface area (Å²) in [7, 11) is 0. The number of carbonyl (C=O) groups excluding carboxylic acids is 3. The van der Waals surface area contributed by atoms with Crippen LogP contribution in [-0.2, 0) is 13.1 Å². The van der Waals surface area contributed by atoms with Gasteiger partial charge in [-0.3, -0.25) is 29.8 Å². The van der Waals surface area contributed by atoms with E-state index in [2.05, 4.69) is 31.2 Å². The standard InChI is InChI=1S/C33H27Cl2N9O5/c34-22-3-8-28(36)30(15-22)43(25-6-4-23(5-7-25)41-33(47)42-24-9-12-37-13-10-24)31(45)26-16-29(44(48)49)21(14-27(26)35)19-40-32(46)39-18-20-2-1-11-38-17-20/h1-17H,18-19,36H2,(H2,39,40,46)(H2,37,41,42,47). The lowest BCUT2D eigenvalue weighted by atomic mass is 10.1. The molecule has 6 N–H and O–H groups in total. The lowest BCUT2D eigenvalue weighted by molar-refractivity contribution is -0.385. The average Bonchev–Trinajstić information content (AvgIpc) is 3.09. The first-order valence-electron chi connectivity index (χ1n) is 14.4. The second-order valence-corrected chi connectivity index (χ2v) is 11.2. The number of rotatable bonds is 10. The topological polar surface area (TPSA) is 198 Å². The number of benzene rings is 3. The van der Waals surface area contributed by atoms with Gasteiger partial charge in [-0.1, -0.05) is 29.3 Å². The van der Waals surface area contributed by atoms with E-state index >= 15 is 0 Å². The van der Waals surface area contributed by atoms with Crippen molar-refractivity contribution in [1.82, 2.24) is 20.6 Å². The molecule has 0 unspecified atom stereocenters. The van der Waals surface area contributed by atoms with Crippen LogP contribution in [-0.4, -0.2) is 32.9 Å². The van der Waals surface area contributed by atoms with Crippen LogP contribution < -0.4 is 31.9 Å². The fraction of sp³-hybridized carbons (Fsp3) is 0.0606. The predicted octanol–water partition coefficient (Wildman–Crippen LogP) is 6.90. The van der Waals surface area contributed by atoms with Crippen LogP contribution in [0.4, 0.5) is 43.7 Å². The van der Waals surface area contributed by atoms with Crippen LogP contribution in [0.2, 0.25) is 10.0 Å². The number of urea groups is 2. The fourth-order valence-electron chi connectivity index (χ4n) is 4.62. The highest BCUT2D eigenvalue weighted by Gasteiger charge is 2.28. The Morgan fingerprint density at radius 2 is 1.51 bits per heavy atom. The van der Waals surface area contributed by atoms with E-state index in [4.69, 9.17) is 28.9 Å². The summed E-state index contributed by atoms with van der Waals surface area (Å²) >= 11 is 12.8. The van der Waals surface area contributed by atoms with E-state index in [9.17, 15) is 24.5 Å². The molecule has 0 fully saturated rings. The SMILES string of the molecule is Nc1ccc(Cl)cc1N(C(=O)c1cc([N+](=O)[O-])c(CNC(=O)NCc2cccnc2)cc1Cl)c1ccc(NC(=O)Nc2ccncc2)cc1. The van der Waals surface area contributed by atoms with Gasteiger partial charge in [0.25, 0.3) is 11.6 Å². The maximum absolute atomic E-state index is 14.2. The molecule has 0 saturated heterocycles. The molecule has 0 spiro atoms. The highest BCUT2D eigenvalue weighted by atomic mass is 35.5. The van der Waals surface area contributed by atoms with Crippen molar-refractivity contribution < 1.29 is 19.3 Å². The molecule has 0 radical (unpaired) electrons. The number of carbonyl (C=O) groups is 3. The van der Waals surface area contributed by atoms with Crippen LogP contribution in [0.25, 0.3) is 0 Å². The molecule has 2 aromatic heterocycles. The smallest absolute Gasteiger partial charge is 0.323 e. The summed E-state index contributed by atoms with van der Waals surface area (Å²) in [6.07, 6.45) is 6.27. The normalized spacial score (nSPS) is 10.5. The number of nitro groups is 1. The second kappa shape index (κ2) is 15.6. The summed E-state index contributed by atoms with van der Waals surface area (Å²) in [5.41, 5.74) is 8.03. The van der Waals surface area contributed by atoms with Gasteiger partial charge in [-0.15, -0.1) is 0 Å². The van der Waals surface area contributed by atoms with Crippen LogP contribution in [0.15, 0.2) is 104 Å². The number of nitrogen functional groups attached to an aromatic ring is 1. The molecule has 0 bridgehead atoms. The first-order chi connectivity index (χ1) is 23.6. The number of aromatic nitrogens is 2. The quantitative estimate of drug-likeness (QED) is 0.0589. The number of pyridine rings is 2. The van der Waals surface area contributed by atoms with Gasteiger partial charge in [0.2, 0.25) is 0 Å². The Morgan fingerprint density at radius 1 is 0.816 bits per heavy atom. The predicted molar refractivity (Wildman–Crippen MR) is 187 cm³/mol. The molecule has 0 saturated carbocycles. The molecule has 5 rings (SSSR count). The molecule has 2 heterocycles. The van der Waals surface area contributed by atoms with Crippen molar-refractivity contribution in [3.05, 3.63) is 141 Å². The Morgan fingerprint density at radius 3 is 2.18 bits per heavy atom. The lowest BCUT2D eigenvalue weighted by Gasteiger charge is -2.25. The van der Waals surface area contributed by atoms with Crippen molar-refractivity contribution in [2.45, 2.75) is 13.1 Å². The molecule has 0 atom stereocenters. The summed E-state index contributed by atoms with van der Waals surface area (Å²) in [4.78, 5) is 59.7. The minimum atomic E-state index is -0.757. The van der Waals surface area contributed by atoms with E-state index < -0.39 is 28.6 Å². The molecule has 0 aliphatic rings. The molecule has 248 valence electrons. The van der Waals surface area contributed by atoms with Gasteiger partial charge in [0.05, 0.1) is 39.0 Å². The molecule has 3 aromatic carbocycles. The Labute approximate surface area is 289 Å². The zero-order valence-corrected chi connectivity index (χ0v) is 26.9. The Bertz CT molecular complexity index is 2000. The number of nitrogens with zero attached hydrogens (tertiary/aromatic N) is 4. The Balaban J connectivity index is 1.40. The fourth-order valence-corrected chi connectivity index (χ4v) is 5.05. The monoisotopic (exact) mass is 699 g/mol. The minimum Gasteiger partial charge on any atom is -0.397 e. The van der Waals surface area contributed by atoms with Crippen molar-refractivity contribution >= 4 is 75.3 Å². The largest absolute Gasteiger partial charge is 0.397 e. The van der Waals surface area contributed by atoms with Crippen LogP contribution in [0.1, 0.15) is 21.5 Å². The van der Waals surface area contributed by atoms with E-state index in [0.29, 0.717) is 11.4 Å². The summed E-state index contributed by atoms with van der Waals surface area (Å²) < 4.78 is 0. The second-order valence-electron chi connectivity index (χ2n) is 10.3. The molecular formula is C33H27Cl2N9O5. The first-order valence-corrected chi connectivity index (χ1v) is 15.2. The van der Waals surface area contributed by atoms with Gasteiger partial charge in [0.15, 0.2) is 0 Å². The summed E-state index contributed by atoms with van der Waals surface area (Å²) in [5.74, 6) is -0.757. The van der Waals surface area contributed by atoms with Gasteiger partial charge < -0.3 is 27.0 Å². The van der Waals surface area contributed by atoms with Crippen LogP contribution in [0.5, 0.6) is 0 Å². The number of hydrogen-bond acceptors (Lipinski definition) is 8. The lowest BCUT2D eigenvalue weighted by Crippen LogP contribution is -2.34. The number of amides is 5. The third-order valence-electron chi connectivity index (χ3n) is 6.97. The van der Waals surface area contributed by atoms with Gasteiger partial charge in [-0.2, -0.15) is 0 Å². The van der Waals surface area contributed by atoms with Crippen molar-refractivity contribution in [1.29, 1.82) is 0 Å². The number of nitrogens with one attached hydrogen (secondary N) is 4. The number of halogens is 2. The number of hydrogen-bond donors (Lipinski definition) is 5.